The maximum Gasteiger partial charge on any atom is 0.340 e. The van der Waals surface area contributed by atoms with E-state index in [1.165, 1.54) is 13.8 Å². The second-order valence-electron chi connectivity index (χ2n) is 7.60. The van der Waals surface area contributed by atoms with Crippen molar-refractivity contribution in [2.75, 3.05) is 13.2 Å². The standard InChI is InChI=1S/C10H20O2.C9H14F4O2/c1-5-7-8-12-9(11)10(3,4)6-2;1-4-8(2,3)7(14)15-5-9(12,13)6(10)11/h5-8H2,1-4H3;6H,4-5H2,1-3H3. The molecule has 27 heavy (non-hydrogen) atoms. The van der Waals surface area contributed by atoms with E-state index in [4.69, 9.17) is 4.74 Å². The molecular weight excluding hydrogens is 368 g/mol. The number of hydrogen-bond donors (Lipinski definition) is 0. The lowest BCUT2D eigenvalue weighted by Crippen LogP contribution is -2.36. The Morgan fingerprint density at radius 2 is 1.26 bits per heavy atom. The van der Waals surface area contributed by atoms with Crippen molar-refractivity contribution in [2.45, 2.75) is 86.5 Å². The molecule has 0 aromatic heterocycles. The van der Waals surface area contributed by atoms with Gasteiger partial charge in [-0.05, 0) is 47.0 Å². The fraction of sp³-hybridized carbons (Fsp3) is 0.895. The van der Waals surface area contributed by atoms with Gasteiger partial charge in [0.15, 0.2) is 6.61 Å². The van der Waals surface area contributed by atoms with E-state index in [-0.39, 0.29) is 11.4 Å². The lowest BCUT2D eigenvalue weighted by molar-refractivity contribution is -0.186. The number of esters is 2. The topological polar surface area (TPSA) is 52.6 Å². The second kappa shape index (κ2) is 12.2. The van der Waals surface area contributed by atoms with Gasteiger partial charge in [0.25, 0.3) is 0 Å². The first-order chi connectivity index (χ1) is 12.2. The monoisotopic (exact) mass is 402 g/mol. The van der Waals surface area contributed by atoms with Crippen LogP contribution in [0.2, 0.25) is 0 Å². The number of alkyl halides is 4. The highest BCUT2D eigenvalue weighted by atomic mass is 19.3. The number of carbonyl (C=O) groups excluding carboxylic acids is 2. The van der Waals surface area contributed by atoms with Crippen LogP contribution < -0.4 is 0 Å². The summed E-state index contributed by atoms with van der Waals surface area (Å²) in [6, 6.07) is 0. The predicted octanol–water partition coefficient (Wildman–Crippen LogP) is 5.63. The summed E-state index contributed by atoms with van der Waals surface area (Å²) in [5, 5.41) is 0. The Balaban J connectivity index is 0. The minimum atomic E-state index is -4.28. The fourth-order valence-electron chi connectivity index (χ4n) is 1.21. The first-order valence-electron chi connectivity index (χ1n) is 9.18. The summed E-state index contributed by atoms with van der Waals surface area (Å²) >= 11 is 0. The van der Waals surface area contributed by atoms with Gasteiger partial charge in [0.05, 0.1) is 17.4 Å². The predicted molar refractivity (Wildman–Crippen MR) is 95.9 cm³/mol. The summed E-state index contributed by atoms with van der Waals surface area (Å²) < 4.78 is 57.4. The summed E-state index contributed by atoms with van der Waals surface area (Å²) in [7, 11) is 0. The van der Waals surface area contributed by atoms with Crippen LogP contribution in [-0.4, -0.2) is 37.5 Å². The van der Waals surface area contributed by atoms with Crippen molar-refractivity contribution in [1.29, 1.82) is 0 Å². The smallest absolute Gasteiger partial charge is 0.340 e. The third-order valence-electron chi connectivity index (χ3n) is 4.32. The molecule has 8 heteroatoms. The average molecular weight is 402 g/mol. The minimum absolute atomic E-state index is 0.0709. The van der Waals surface area contributed by atoms with Gasteiger partial charge in [0.1, 0.15) is 0 Å². The minimum Gasteiger partial charge on any atom is -0.465 e. The van der Waals surface area contributed by atoms with Gasteiger partial charge in [-0.3, -0.25) is 9.59 Å². The number of rotatable bonds is 10. The number of unbranched alkanes of at least 4 members (excludes halogenated alkanes) is 1. The first kappa shape index (κ1) is 27.9. The van der Waals surface area contributed by atoms with E-state index in [1.807, 2.05) is 20.8 Å². The third kappa shape index (κ3) is 11.2. The summed E-state index contributed by atoms with van der Waals surface area (Å²) in [5.74, 6) is -5.25. The van der Waals surface area contributed by atoms with E-state index in [1.54, 1.807) is 6.92 Å². The first-order valence-corrected chi connectivity index (χ1v) is 9.18. The highest BCUT2D eigenvalue weighted by molar-refractivity contribution is 5.76. The van der Waals surface area contributed by atoms with Crippen LogP contribution in [-0.2, 0) is 19.1 Å². The molecule has 0 fully saturated rings. The van der Waals surface area contributed by atoms with E-state index in [2.05, 4.69) is 11.7 Å². The molecule has 0 aliphatic carbocycles. The van der Waals surface area contributed by atoms with Crippen molar-refractivity contribution in [3.05, 3.63) is 0 Å². The van der Waals surface area contributed by atoms with Gasteiger partial charge in [-0.2, -0.15) is 8.78 Å². The normalized spacial score (nSPS) is 12.3. The van der Waals surface area contributed by atoms with Crippen LogP contribution in [0, 0.1) is 10.8 Å². The average Bonchev–Trinajstić information content (AvgIpc) is 2.60. The molecule has 0 saturated carbocycles. The summed E-state index contributed by atoms with van der Waals surface area (Å²) in [5.41, 5.74) is -1.24. The van der Waals surface area contributed by atoms with E-state index in [0.717, 1.165) is 19.3 Å². The number of ether oxygens (including phenoxy) is 2. The highest BCUT2D eigenvalue weighted by Crippen LogP contribution is 2.26. The number of halogens is 4. The van der Waals surface area contributed by atoms with Gasteiger partial charge in [-0.25, -0.2) is 8.78 Å². The molecule has 0 N–H and O–H groups in total. The Morgan fingerprint density at radius 1 is 0.852 bits per heavy atom. The van der Waals surface area contributed by atoms with Crippen molar-refractivity contribution in [2.24, 2.45) is 10.8 Å². The Labute approximate surface area is 160 Å². The molecule has 0 aromatic rings. The van der Waals surface area contributed by atoms with Gasteiger partial charge in [0, 0.05) is 0 Å². The quantitative estimate of drug-likeness (QED) is 0.270. The zero-order valence-corrected chi connectivity index (χ0v) is 17.5. The molecule has 0 bridgehead atoms. The summed E-state index contributed by atoms with van der Waals surface area (Å²) in [6.07, 6.45) is -0.579. The third-order valence-corrected chi connectivity index (χ3v) is 4.32. The van der Waals surface area contributed by atoms with Crippen LogP contribution in [0.1, 0.15) is 74.1 Å². The number of carbonyl (C=O) groups is 2. The van der Waals surface area contributed by atoms with Crippen LogP contribution >= 0.6 is 0 Å². The molecule has 4 nitrogen and oxygen atoms in total. The molecule has 0 saturated heterocycles. The fourth-order valence-corrected chi connectivity index (χ4v) is 1.21. The van der Waals surface area contributed by atoms with Crippen LogP contribution in [0.4, 0.5) is 17.6 Å². The molecule has 0 amide bonds. The number of hydrogen-bond acceptors (Lipinski definition) is 4. The Bertz CT molecular complexity index is 449. The maximum atomic E-state index is 12.4. The highest BCUT2D eigenvalue weighted by Gasteiger charge is 2.43. The molecule has 162 valence electrons. The van der Waals surface area contributed by atoms with Crippen LogP contribution in [0.25, 0.3) is 0 Å². The van der Waals surface area contributed by atoms with Crippen molar-refractivity contribution >= 4 is 11.9 Å². The Morgan fingerprint density at radius 3 is 1.59 bits per heavy atom. The molecule has 0 spiro atoms. The molecule has 0 rings (SSSR count). The summed E-state index contributed by atoms with van der Waals surface area (Å²) in [6.45, 7) is 11.6. The van der Waals surface area contributed by atoms with Crippen LogP contribution in [0.5, 0.6) is 0 Å². The summed E-state index contributed by atoms with van der Waals surface area (Å²) in [4.78, 5) is 22.5. The molecule has 0 radical (unpaired) electrons. The van der Waals surface area contributed by atoms with Crippen LogP contribution in [0.3, 0.4) is 0 Å². The zero-order chi connectivity index (χ0) is 21.9. The van der Waals surface area contributed by atoms with E-state index < -0.39 is 30.3 Å². The van der Waals surface area contributed by atoms with Gasteiger partial charge < -0.3 is 9.47 Å². The van der Waals surface area contributed by atoms with Gasteiger partial charge in [0.2, 0.25) is 0 Å². The lowest BCUT2D eigenvalue weighted by Gasteiger charge is -2.22. The molecule has 0 unspecified atom stereocenters. The zero-order valence-electron chi connectivity index (χ0n) is 17.5. The Kier molecular flexibility index (Phi) is 12.6. The van der Waals surface area contributed by atoms with E-state index in [9.17, 15) is 27.2 Å². The second-order valence-corrected chi connectivity index (χ2v) is 7.60. The molecule has 0 atom stereocenters. The van der Waals surface area contributed by atoms with Crippen molar-refractivity contribution < 1.29 is 36.6 Å². The van der Waals surface area contributed by atoms with Gasteiger partial charge >= 0.3 is 24.3 Å². The van der Waals surface area contributed by atoms with Crippen molar-refractivity contribution in [1.82, 2.24) is 0 Å². The lowest BCUT2D eigenvalue weighted by atomic mass is 9.91. The van der Waals surface area contributed by atoms with Gasteiger partial charge in [-0.15, -0.1) is 0 Å². The van der Waals surface area contributed by atoms with Crippen LogP contribution in [0.15, 0.2) is 0 Å². The molecule has 0 aliphatic rings. The maximum absolute atomic E-state index is 12.4. The Hall–Kier alpha value is -1.34. The van der Waals surface area contributed by atoms with E-state index in [0.29, 0.717) is 13.0 Å². The van der Waals surface area contributed by atoms with E-state index >= 15 is 0 Å². The van der Waals surface area contributed by atoms with Crippen molar-refractivity contribution in [3.8, 4) is 0 Å². The molecule has 0 aromatic carbocycles. The van der Waals surface area contributed by atoms with Gasteiger partial charge in [-0.1, -0.05) is 27.2 Å². The van der Waals surface area contributed by atoms with Crippen molar-refractivity contribution in [3.63, 3.8) is 0 Å². The molecular formula is C19H34F4O4. The molecule has 0 aliphatic heterocycles. The largest absolute Gasteiger partial charge is 0.465 e. The molecule has 0 heterocycles. The SMILES string of the molecule is CCC(C)(C)C(=O)OCC(F)(F)C(F)F.CCCCOC(=O)C(C)(C)CC.